The molecule has 2 amide bonds. The van der Waals surface area contributed by atoms with Crippen molar-refractivity contribution in [1.82, 2.24) is 5.32 Å². The Hall–Kier alpha value is -0.880. The van der Waals surface area contributed by atoms with E-state index in [2.05, 4.69) is 21.2 Å². The largest absolute Gasteiger partial charge is 0.370 e. The van der Waals surface area contributed by atoms with Crippen LogP contribution >= 0.6 is 27.3 Å². The summed E-state index contributed by atoms with van der Waals surface area (Å²) in [6, 6.07) is 1.81. The molecule has 1 rings (SSSR count). The minimum Gasteiger partial charge on any atom is -0.370 e. The van der Waals surface area contributed by atoms with E-state index in [0.29, 0.717) is 4.88 Å². The van der Waals surface area contributed by atoms with Crippen LogP contribution in [-0.2, 0) is 4.79 Å². The molecule has 1 aromatic rings. The van der Waals surface area contributed by atoms with E-state index in [9.17, 15) is 9.59 Å². The maximum atomic E-state index is 11.9. The van der Waals surface area contributed by atoms with Gasteiger partial charge in [0, 0.05) is 12.0 Å². The average Bonchev–Trinajstić information content (AvgIpc) is 2.43. The van der Waals surface area contributed by atoms with Crippen molar-refractivity contribution in [2.75, 3.05) is 0 Å². The Kier molecular flexibility index (Phi) is 4.32. The Balaban J connectivity index is 2.75. The minimum atomic E-state index is -0.632. The molecule has 3 N–H and O–H groups in total. The van der Waals surface area contributed by atoms with Crippen LogP contribution < -0.4 is 11.1 Å². The summed E-state index contributed by atoms with van der Waals surface area (Å²) in [7, 11) is 0. The molecule has 0 bridgehead atoms. The van der Waals surface area contributed by atoms with Gasteiger partial charge in [0.1, 0.15) is 0 Å². The van der Waals surface area contributed by atoms with Gasteiger partial charge in [-0.25, -0.2) is 0 Å². The number of nitrogens with two attached hydrogens (primary N) is 1. The lowest BCUT2D eigenvalue weighted by Gasteiger charge is -2.24. The molecule has 0 radical (unpaired) electrons. The molecule has 94 valence electrons. The third-order valence-corrected chi connectivity index (χ3v) is 4.28. The third-order valence-electron chi connectivity index (χ3n) is 2.15. The van der Waals surface area contributed by atoms with Crippen LogP contribution in [0, 0.1) is 6.92 Å². The molecule has 0 saturated heterocycles. The Bertz CT molecular complexity index is 435. The average molecular weight is 319 g/mol. The molecular weight excluding hydrogens is 304 g/mol. The molecule has 6 heteroatoms. The molecule has 0 aliphatic rings. The lowest BCUT2D eigenvalue weighted by Crippen LogP contribution is -2.45. The molecule has 4 nitrogen and oxygen atoms in total. The first-order valence-electron chi connectivity index (χ1n) is 5.08. The van der Waals surface area contributed by atoms with Gasteiger partial charge < -0.3 is 11.1 Å². The number of carbonyl (C=O) groups excluding carboxylic acids is 2. The first-order valence-corrected chi connectivity index (χ1v) is 6.69. The molecule has 0 atom stereocenters. The number of primary amides is 1. The predicted molar refractivity (Wildman–Crippen MR) is 72.1 cm³/mol. The van der Waals surface area contributed by atoms with Crippen LogP contribution in [0.5, 0.6) is 0 Å². The van der Waals surface area contributed by atoms with Crippen LogP contribution in [0.3, 0.4) is 0 Å². The lowest BCUT2D eigenvalue weighted by atomic mass is 10.0. The van der Waals surface area contributed by atoms with Gasteiger partial charge in [-0.15, -0.1) is 11.3 Å². The van der Waals surface area contributed by atoms with Gasteiger partial charge in [-0.1, -0.05) is 0 Å². The molecule has 0 spiro atoms. The highest BCUT2D eigenvalue weighted by atomic mass is 79.9. The summed E-state index contributed by atoms with van der Waals surface area (Å²) in [6.07, 6.45) is 0.115. The van der Waals surface area contributed by atoms with Crippen molar-refractivity contribution in [2.45, 2.75) is 32.7 Å². The first kappa shape index (κ1) is 14.2. The summed E-state index contributed by atoms with van der Waals surface area (Å²) in [5.41, 5.74) is 5.52. The van der Waals surface area contributed by atoms with E-state index in [1.165, 1.54) is 11.3 Å². The molecule has 0 fully saturated rings. The van der Waals surface area contributed by atoms with E-state index in [0.717, 1.165) is 9.35 Å². The van der Waals surface area contributed by atoms with Crippen LogP contribution in [0.2, 0.25) is 0 Å². The highest BCUT2D eigenvalue weighted by molar-refractivity contribution is 9.11. The molecule has 1 aromatic heterocycles. The summed E-state index contributed by atoms with van der Waals surface area (Å²) in [4.78, 5) is 23.4. The fourth-order valence-corrected chi connectivity index (χ4v) is 2.85. The van der Waals surface area contributed by atoms with Crippen molar-refractivity contribution in [3.63, 3.8) is 0 Å². The topological polar surface area (TPSA) is 72.2 Å². The van der Waals surface area contributed by atoms with Crippen molar-refractivity contribution in [3.05, 3.63) is 20.3 Å². The molecule has 0 aliphatic heterocycles. The van der Waals surface area contributed by atoms with E-state index in [-0.39, 0.29) is 12.3 Å². The van der Waals surface area contributed by atoms with Gasteiger partial charge in [-0.05, 0) is 48.3 Å². The Labute approximate surface area is 113 Å². The fourth-order valence-electron chi connectivity index (χ4n) is 1.42. The number of halogens is 1. The van der Waals surface area contributed by atoms with Gasteiger partial charge in [0.2, 0.25) is 5.91 Å². The second kappa shape index (κ2) is 5.18. The smallest absolute Gasteiger partial charge is 0.261 e. The lowest BCUT2D eigenvalue weighted by molar-refractivity contribution is -0.119. The van der Waals surface area contributed by atoms with E-state index in [4.69, 9.17) is 5.73 Å². The van der Waals surface area contributed by atoms with Crippen molar-refractivity contribution in [2.24, 2.45) is 5.73 Å². The molecule has 0 saturated carbocycles. The van der Waals surface area contributed by atoms with Crippen molar-refractivity contribution >= 4 is 39.1 Å². The molecule has 0 aromatic carbocycles. The Morgan fingerprint density at radius 1 is 1.53 bits per heavy atom. The number of nitrogens with one attached hydrogen (secondary N) is 1. The van der Waals surface area contributed by atoms with Crippen LogP contribution in [0.1, 0.15) is 35.5 Å². The van der Waals surface area contributed by atoms with Crippen molar-refractivity contribution in [1.29, 1.82) is 0 Å². The maximum absolute atomic E-state index is 11.9. The van der Waals surface area contributed by atoms with E-state index >= 15 is 0 Å². The van der Waals surface area contributed by atoms with Gasteiger partial charge in [-0.2, -0.15) is 0 Å². The number of hydrogen-bond donors (Lipinski definition) is 2. The summed E-state index contributed by atoms with van der Waals surface area (Å²) in [5.74, 6) is -0.617. The van der Waals surface area contributed by atoms with Crippen molar-refractivity contribution in [3.8, 4) is 0 Å². The molecule has 17 heavy (non-hydrogen) atoms. The zero-order chi connectivity index (χ0) is 13.2. The van der Waals surface area contributed by atoms with E-state index in [1.807, 2.05) is 13.0 Å². The second-order valence-electron chi connectivity index (χ2n) is 4.55. The maximum Gasteiger partial charge on any atom is 0.261 e. The van der Waals surface area contributed by atoms with Crippen LogP contribution in [-0.4, -0.2) is 17.4 Å². The van der Waals surface area contributed by atoms with Crippen LogP contribution in [0.4, 0.5) is 0 Å². The Morgan fingerprint density at radius 3 is 2.53 bits per heavy atom. The number of thiophene rings is 1. The SMILES string of the molecule is Cc1cc(C(=O)NC(C)(C)CC(N)=O)sc1Br. The number of rotatable bonds is 4. The minimum absolute atomic E-state index is 0.115. The van der Waals surface area contributed by atoms with Gasteiger partial charge in [-0.3, -0.25) is 9.59 Å². The zero-order valence-corrected chi connectivity index (χ0v) is 12.4. The van der Waals surface area contributed by atoms with Crippen LogP contribution in [0.25, 0.3) is 0 Å². The van der Waals surface area contributed by atoms with Gasteiger partial charge in [0.15, 0.2) is 0 Å². The van der Waals surface area contributed by atoms with E-state index < -0.39 is 11.4 Å². The number of hydrogen-bond acceptors (Lipinski definition) is 3. The highest BCUT2D eigenvalue weighted by Crippen LogP contribution is 2.27. The highest BCUT2D eigenvalue weighted by Gasteiger charge is 2.24. The van der Waals surface area contributed by atoms with Gasteiger partial charge >= 0.3 is 0 Å². The molecule has 1 heterocycles. The standard InChI is InChI=1S/C11H15BrN2O2S/c1-6-4-7(17-9(6)12)10(16)14-11(2,3)5-8(13)15/h4H,5H2,1-3H3,(H2,13,15)(H,14,16). The monoisotopic (exact) mass is 318 g/mol. The summed E-state index contributed by atoms with van der Waals surface area (Å²) >= 11 is 4.74. The fraction of sp³-hybridized carbons (Fsp3) is 0.455. The number of aryl methyl sites for hydroxylation is 1. The third kappa shape index (κ3) is 4.12. The zero-order valence-electron chi connectivity index (χ0n) is 9.96. The summed E-state index contributed by atoms with van der Waals surface area (Å²) < 4.78 is 0.940. The number of amides is 2. The first-order chi connectivity index (χ1) is 7.71. The predicted octanol–water partition coefficient (Wildman–Crippen LogP) is 2.20. The Morgan fingerprint density at radius 2 is 2.12 bits per heavy atom. The van der Waals surface area contributed by atoms with Gasteiger partial charge in [0.05, 0.1) is 8.66 Å². The normalized spacial score (nSPS) is 11.3. The molecule has 0 unspecified atom stereocenters. The van der Waals surface area contributed by atoms with E-state index in [1.54, 1.807) is 13.8 Å². The molecule has 0 aliphatic carbocycles. The van der Waals surface area contributed by atoms with Crippen molar-refractivity contribution < 1.29 is 9.59 Å². The number of carbonyl (C=O) groups is 2. The van der Waals surface area contributed by atoms with Gasteiger partial charge in [0.25, 0.3) is 5.91 Å². The summed E-state index contributed by atoms with van der Waals surface area (Å²) in [6.45, 7) is 5.46. The quantitative estimate of drug-likeness (QED) is 0.893. The molecular formula is C11H15BrN2O2S. The second-order valence-corrected chi connectivity index (χ2v) is 6.92. The van der Waals surface area contributed by atoms with Crippen LogP contribution in [0.15, 0.2) is 9.85 Å². The summed E-state index contributed by atoms with van der Waals surface area (Å²) in [5, 5.41) is 2.79.